The van der Waals surface area contributed by atoms with E-state index in [1.807, 2.05) is 0 Å². The van der Waals surface area contributed by atoms with Crippen LogP contribution in [0.15, 0.2) is 0 Å². The van der Waals surface area contributed by atoms with Crippen molar-refractivity contribution in [3.8, 4) is 0 Å². The fourth-order valence-electron chi connectivity index (χ4n) is 1.10. The first-order valence-electron chi connectivity index (χ1n) is 4.48. The average molecular weight is 237 g/mol. The van der Waals surface area contributed by atoms with E-state index in [1.165, 1.54) is 6.42 Å². The quantitative estimate of drug-likeness (QED) is 0.545. The summed E-state index contributed by atoms with van der Waals surface area (Å²) in [4.78, 5) is 10.2. The fourth-order valence-corrected chi connectivity index (χ4v) is 1.88. The lowest BCUT2D eigenvalue weighted by molar-refractivity contribution is -0.137. The Morgan fingerprint density at radius 2 is 2.17 bits per heavy atom. The Hall–Kier alpha value is -0.0500. The number of hydrogen-bond acceptors (Lipinski definition) is 1. The molecule has 72 valence electrons. The predicted octanol–water partition coefficient (Wildman–Crippen LogP) is 3.05. The third kappa shape index (κ3) is 6.65. The van der Waals surface area contributed by atoms with Crippen LogP contribution in [0.3, 0.4) is 0 Å². The van der Waals surface area contributed by atoms with Crippen molar-refractivity contribution in [2.24, 2.45) is 5.92 Å². The summed E-state index contributed by atoms with van der Waals surface area (Å²) < 4.78 is 0. The van der Waals surface area contributed by atoms with Crippen LogP contribution in [0.1, 0.15) is 39.0 Å². The van der Waals surface area contributed by atoms with Gasteiger partial charge in [-0.3, -0.25) is 4.79 Å². The van der Waals surface area contributed by atoms with Gasteiger partial charge in [0.25, 0.3) is 0 Å². The second kappa shape index (κ2) is 7.59. The largest absolute Gasteiger partial charge is 0.481 e. The van der Waals surface area contributed by atoms with Crippen molar-refractivity contribution < 1.29 is 9.90 Å². The molecular formula is C9H17BrO2. The molecule has 1 N–H and O–H groups in total. The van der Waals surface area contributed by atoms with E-state index in [9.17, 15) is 4.79 Å². The molecule has 0 heterocycles. The first-order valence-corrected chi connectivity index (χ1v) is 5.60. The highest BCUT2D eigenvalue weighted by Gasteiger charge is 2.04. The third-order valence-electron chi connectivity index (χ3n) is 2.05. The van der Waals surface area contributed by atoms with E-state index < -0.39 is 5.97 Å². The molecule has 0 radical (unpaired) electrons. The standard InChI is InChI=1S/C9H17BrO2/c1-2-8(7-10)5-3-4-6-9(11)12/h8H,2-7H2,1H3,(H,11,12). The summed E-state index contributed by atoms with van der Waals surface area (Å²) in [6.07, 6.45) is 4.50. The van der Waals surface area contributed by atoms with Gasteiger partial charge in [-0.1, -0.05) is 35.7 Å². The number of alkyl halides is 1. The smallest absolute Gasteiger partial charge is 0.303 e. The third-order valence-corrected chi connectivity index (χ3v) is 2.96. The summed E-state index contributed by atoms with van der Waals surface area (Å²) >= 11 is 3.44. The number of carboxylic acids is 1. The molecule has 0 aromatic carbocycles. The van der Waals surface area contributed by atoms with Gasteiger partial charge in [-0.15, -0.1) is 0 Å². The zero-order chi connectivity index (χ0) is 9.40. The van der Waals surface area contributed by atoms with Gasteiger partial charge in [0.05, 0.1) is 0 Å². The minimum Gasteiger partial charge on any atom is -0.481 e. The highest BCUT2D eigenvalue weighted by atomic mass is 79.9. The second-order valence-electron chi connectivity index (χ2n) is 3.07. The number of carboxylic acid groups (broad SMARTS) is 1. The Labute approximate surface area is 82.5 Å². The molecule has 3 heteroatoms. The zero-order valence-electron chi connectivity index (χ0n) is 7.55. The van der Waals surface area contributed by atoms with Gasteiger partial charge in [0.15, 0.2) is 0 Å². The van der Waals surface area contributed by atoms with E-state index in [1.54, 1.807) is 0 Å². The maximum absolute atomic E-state index is 10.2. The van der Waals surface area contributed by atoms with Gasteiger partial charge in [0.1, 0.15) is 0 Å². The summed E-state index contributed by atoms with van der Waals surface area (Å²) in [5.74, 6) is 0.0423. The Bertz CT molecular complexity index is 122. The van der Waals surface area contributed by atoms with Gasteiger partial charge in [-0.05, 0) is 18.8 Å². The molecule has 0 aromatic heterocycles. The van der Waals surface area contributed by atoms with Gasteiger partial charge < -0.3 is 5.11 Å². The molecule has 0 fully saturated rings. The monoisotopic (exact) mass is 236 g/mol. The van der Waals surface area contributed by atoms with Crippen molar-refractivity contribution in [2.75, 3.05) is 5.33 Å². The average Bonchev–Trinajstić information content (AvgIpc) is 2.04. The van der Waals surface area contributed by atoms with Crippen molar-refractivity contribution in [3.05, 3.63) is 0 Å². The summed E-state index contributed by atoms with van der Waals surface area (Å²) in [5.41, 5.74) is 0. The molecule has 2 nitrogen and oxygen atoms in total. The molecule has 0 saturated heterocycles. The molecule has 0 saturated carbocycles. The number of carbonyl (C=O) groups is 1. The van der Waals surface area contributed by atoms with E-state index in [0.29, 0.717) is 6.42 Å². The van der Waals surface area contributed by atoms with Gasteiger partial charge in [0, 0.05) is 11.8 Å². The zero-order valence-corrected chi connectivity index (χ0v) is 9.14. The molecule has 0 aliphatic carbocycles. The highest BCUT2D eigenvalue weighted by molar-refractivity contribution is 9.09. The van der Waals surface area contributed by atoms with Crippen LogP contribution < -0.4 is 0 Å². The lowest BCUT2D eigenvalue weighted by Crippen LogP contribution is -2.01. The first-order chi connectivity index (χ1) is 5.70. The number of halogens is 1. The number of hydrogen-bond donors (Lipinski definition) is 1. The number of rotatable bonds is 7. The Kier molecular flexibility index (Phi) is 7.56. The van der Waals surface area contributed by atoms with Crippen molar-refractivity contribution in [1.82, 2.24) is 0 Å². The maximum Gasteiger partial charge on any atom is 0.303 e. The van der Waals surface area contributed by atoms with Crippen molar-refractivity contribution in [1.29, 1.82) is 0 Å². The minimum absolute atomic E-state index is 0.318. The molecular weight excluding hydrogens is 220 g/mol. The van der Waals surface area contributed by atoms with Gasteiger partial charge in [-0.2, -0.15) is 0 Å². The Balaban J connectivity index is 3.23. The SMILES string of the molecule is CCC(CBr)CCCCC(=O)O. The van der Waals surface area contributed by atoms with Crippen molar-refractivity contribution >= 4 is 21.9 Å². The van der Waals surface area contributed by atoms with Crippen LogP contribution in [0, 0.1) is 5.92 Å². The van der Waals surface area contributed by atoms with Crippen LogP contribution in [-0.2, 0) is 4.79 Å². The van der Waals surface area contributed by atoms with E-state index in [0.717, 1.165) is 30.5 Å². The molecule has 1 atom stereocenters. The minimum atomic E-state index is -0.679. The molecule has 12 heavy (non-hydrogen) atoms. The molecule has 1 unspecified atom stereocenters. The first kappa shape index (κ1) is 11.9. The molecule has 0 aliphatic heterocycles. The predicted molar refractivity (Wildman–Crippen MR) is 53.7 cm³/mol. The van der Waals surface area contributed by atoms with Gasteiger partial charge >= 0.3 is 5.97 Å². The van der Waals surface area contributed by atoms with Crippen molar-refractivity contribution in [3.63, 3.8) is 0 Å². The van der Waals surface area contributed by atoms with Gasteiger partial charge in [-0.25, -0.2) is 0 Å². The maximum atomic E-state index is 10.2. The molecule has 0 aliphatic rings. The van der Waals surface area contributed by atoms with Crippen molar-refractivity contribution in [2.45, 2.75) is 39.0 Å². The summed E-state index contributed by atoms with van der Waals surface area (Å²) in [6, 6.07) is 0. The summed E-state index contributed by atoms with van der Waals surface area (Å²) in [7, 11) is 0. The normalized spacial score (nSPS) is 12.8. The molecule has 0 bridgehead atoms. The Morgan fingerprint density at radius 1 is 1.50 bits per heavy atom. The lowest BCUT2D eigenvalue weighted by atomic mass is 10.0. The summed E-state index contributed by atoms with van der Waals surface area (Å²) in [5, 5.41) is 9.42. The molecule has 0 amide bonds. The van der Waals surface area contributed by atoms with E-state index in [-0.39, 0.29) is 0 Å². The van der Waals surface area contributed by atoms with Gasteiger partial charge in [0.2, 0.25) is 0 Å². The topological polar surface area (TPSA) is 37.3 Å². The highest BCUT2D eigenvalue weighted by Crippen LogP contribution is 2.15. The molecule has 0 spiro atoms. The van der Waals surface area contributed by atoms with E-state index in [2.05, 4.69) is 22.9 Å². The van der Waals surface area contributed by atoms with Crippen LogP contribution in [0.25, 0.3) is 0 Å². The van der Waals surface area contributed by atoms with Crippen LogP contribution in [0.5, 0.6) is 0 Å². The van der Waals surface area contributed by atoms with Crippen LogP contribution in [0.4, 0.5) is 0 Å². The fraction of sp³-hybridized carbons (Fsp3) is 0.889. The van der Waals surface area contributed by atoms with E-state index in [4.69, 9.17) is 5.11 Å². The Morgan fingerprint density at radius 3 is 2.58 bits per heavy atom. The lowest BCUT2D eigenvalue weighted by Gasteiger charge is -2.09. The number of unbranched alkanes of at least 4 members (excludes halogenated alkanes) is 1. The van der Waals surface area contributed by atoms with Crippen LogP contribution >= 0.6 is 15.9 Å². The molecule has 0 aromatic rings. The van der Waals surface area contributed by atoms with Crippen LogP contribution in [0.2, 0.25) is 0 Å². The number of aliphatic carboxylic acids is 1. The van der Waals surface area contributed by atoms with E-state index >= 15 is 0 Å². The molecule has 0 rings (SSSR count). The van der Waals surface area contributed by atoms with Crippen LogP contribution in [-0.4, -0.2) is 16.4 Å². The second-order valence-corrected chi connectivity index (χ2v) is 3.72. The summed E-state index contributed by atoms with van der Waals surface area (Å²) in [6.45, 7) is 2.17.